The molecule has 0 saturated carbocycles. The van der Waals surface area contributed by atoms with E-state index < -0.39 is 7.32 Å². The maximum Gasteiger partial charge on any atom is 0.631 e. The summed E-state index contributed by atoms with van der Waals surface area (Å²) in [6.45, 7) is 0. The van der Waals surface area contributed by atoms with Crippen LogP contribution in [0.1, 0.15) is 0 Å². The topological polar surface area (TPSA) is 60.7 Å². The van der Waals surface area contributed by atoms with Crippen molar-refractivity contribution in [1.29, 1.82) is 0 Å². The molecule has 0 spiro atoms. The monoisotopic (exact) mass is 244 g/mol. The first kappa shape index (κ1) is 15.7. The van der Waals surface area contributed by atoms with Crippen LogP contribution in [0.3, 0.4) is 0 Å². The molecule has 0 atom stereocenters. The summed E-state index contributed by atoms with van der Waals surface area (Å²) in [6, 6.07) is 0. The Morgan fingerprint density at radius 1 is 1.00 bits per heavy atom. The molecule has 0 rings (SSSR count). The third-order valence-electron chi connectivity index (χ3n) is 0. The molecule has 0 amide bonds. The van der Waals surface area contributed by atoms with E-state index in [1.807, 2.05) is 0 Å². The molecule has 0 heterocycles. The zero-order chi connectivity index (χ0) is 3.58. The second kappa shape index (κ2) is 9.94. The Hall–Kier alpha value is 1.82. The summed E-state index contributed by atoms with van der Waals surface area (Å²) in [6.07, 6.45) is 0. The summed E-state index contributed by atoms with van der Waals surface area (Å²) in [5.41, 5.74) is 0. The van der Waals surface area contributed by atoms with E-state index >= 15 is 0 Å². The van der Waals surface area contributed by atoms with Crippen molar-refractivity contribution in [2.75, 3.05) is 0 Å². The van der Waals surface area contributed by atoms with Crippen molar-refractivity contribution in [3.05, 3.63) is 0 Å². The first-order valence-corrected chi connectivity index (χ1v) is 0.775. The van der Waals surface area contributed by atoms with Gasteiger partial charge in [0.25, 0.3) is 0 Å². The maximum atomic E-state index is 7.17. The van der Waals surface area contributed by atoms with Crippen LogP contribution in [-0.4, -0.2) is 39.8 Å². The van der Waals surface area contributed by atoms with Crippen LogP contribution in [-0.2, 0) is 0 Å². The van der Waals surface area contributed by atoms with Gasteiger partial charge in [0.2, 0.25) is 0 Å². The van der Waals surface area contributed by atoms with Gasteiger partial charge in [0.15, 0.2) is 17.4 Å². The van der Waals surface area contributed by atoms with Gasteiger partial charge in [0.1, 0.15) is 0 Å². The molecule has 0 aromatic rings. The minimum atomic E-state index is -2.17. The van der Waals surface area contributed by atoms with Crippen molar-refractivity contribution in [3.8, 4) is 0 Å². The van der Waals surface area contributed by atoms with E-state index in [1.165, 1.54) is 0 Å². The number of rotatable bonds is 0. The molecule has 0 saturated heterocycles. The molecule has 0 aromatic carbocycles. The number of hydrogen-bond donors (Lipinski definition) is 3. The average molecular weight is 242 g/mol. The van der Waals surface area contributed by atoms with E-state index in [2.05, 4.69) is 0 Å². The third-order valence-corrected chi connectivity index (χ3v) is 0. The van der Waals surface area contributed by atoms with Crippen LogP contribution in [0.15, 0.2) is 0 Å². The van der Waals surface area contributed by atoms with E-state index in [4.69, 9.17) is 15.1 Å². The summed E-state index contributed by atoms with van der Waals surface area (Å²) in [5.74, 6) is 0. The minimum absolute atomic E-state index is 0. The van der Waals surface area contributed by atoms with Crippen molar-refractivity contribution in [1.82, 2.24) is 0 Å². The van der Waals surface area contributed by atoms with Crippen LogP contribution < -0.4 is 0 Å². The van der Waals surface area contributed by atoms with Crippen LogP contribution in [0.25, 0.3) is 0 Å². The van der Waals surface area contributed by atoms with E-state index in [9.17, 15) is 0 Å². The van der Waals surface area contributed by atoms with Gasteiger partial charge < -0.3 is 15.1 Å². The Bertz CT molecular complexity index is 15.5. The van der Waals surface area contributed by atoms with Crippen LogP contribution in [0.4, 0.5) is 0 Å². The molecule has 0 aliphatic carbocycles. The first-order valence-electron chi connectivity index (χ1n) is 0.775. The molecular formula is H6AlBO3Sm. The molecule has 0 bridgehead atoms. The van der Waals surface area contributed by atoms with Gasteiger partial charge in [0.05, 0.1) is 0 Å². The van der Waals surface area contributed by atoms with Crippen LogP contribution in [0.5, 0.6) is 0 Å². The van der Waals surface area contributed by atoms with Crippen LogP contribution in [0, 0.1) is 40.4 Å². The fourth-order valence-electron chi connectivity index (χ4n) is 0. The maximum absolute atomic E-state index is 7.17. The molecular weight excluding hydrogens is 236 g/mol. The second-order valence-corrected chi connectivity index (χ2v) is 0.346. The molecule has 0 aromatic heterocycles. The predicted octanol–water partition coefficient (Wildman–Crippen LogP) is -3.24. The molecule has 3 nitrogen and oxygen atoms in total. The molecule has 0 fully saturated rings. The molecule has 0 radical (unpaired) electrons. The van der Waals surface area contributed by atoms with Crippen LogP contribution >= 0.6 is 0 Å². The van der Waals surface area contributed by atoms with Gasteiger partial charge in [-0.2, -0.15) is 0 Å². The molecule has 6 heavy (non-hydrogen) atoms. The van der Waals surface area contributed by atoms with E-state index in [1.54, 1.807) is 0 Å². The second-order valence-electron chi connectivity index (χ2n) is 0.346. The fourth-order valence-corrected chi connectivity index (χ4v) is 0. The zero-order valence-electron chi connectivity index (χ0n) is 2.33. The van der Waals surface area contributed by atoms with Crippen LogP contribution in [0.2, 0.25) is 0 Å². The Morgan fingerprint density at radius 3 is 1.00 bits per heavy atom. The normalized spacial score (nSPS) is 4.50. The summed E-state index contributed by atoms with van der Waals surface area (Å²) < 4.78 is 0. The standard InChI is InChI=1S/Al.BH3O3.Sm.3H/c;2-1(3)4;;;;/h;2-4H;;;;. The zero-order valence-corrected chi connectivity index (χ0v) is 4.95. The Kier molecular flexibility index (Phi) is 25.9. The van der Waals surface area contributed by atoms with Gasteiger partial charge in [-0.1, -0.05) is 0 Å². The number of hydrogen-bond acceptors (Lipinski definition) is 3. The molecule has 0 aliphatic rings. The molecule has 36 valence electrons. The summed E-state index contributed by atoms with van der Waals surface area (Å²) in [4.78, 5) is 0. The average Bonchev–Trinajstić information content (AvgIpc) is 0.811. The third kappa shape index (κ3) is 40.9. The fraction of sp³-hybridized carbons (Fsp3) is 0. The van der Waals surface area contributed by atoms with Gasteiger partial charge in [-0.25, -0.2) is 0 Å². The largest absolute Gasteiger partial charge is 0.631 e. The van der Waals surface area contributed by atoms with Gasteiger partial charge in [-0.05, 0) is 0 Å². The summed E-state index contributed by atoms with van der Waals surface area (Å²) >= 11 is 0. The molecule has 3 N–H and O–H groups in total. The summed E-state index contributed by atoms with van der Waals surface area (Å²) in [5, 5.41) is 21.5. The van der Waals surface area contributed by atoms with Gasteiger partial charge in [-0.3, -0.25) is 0 Å². The Labute approximate surface area is 79.2 Å². The minimum Gasteiger partial charge on any atom is -0.402 e. The smallest absolute Gasteiger partial charge is 0.402 e. The summed E-state index contributed by atoms with van der Waals surface area (Å²) in [7, 11) is -2.17. The van der Waals surface area contributed by atoms with E-state index in [-0.39, 0.29) is 57.7 Å². The molecule has 6 heteroatoms. The molecule has 0 aliphatic heterocycles. The van der Waals surface area contributed by atoms with Crippen molar-refractivity contribution >= 4 is 24.7 Å². The van der Waals surface area contributed by atoms with Crippen molar-refractivity contribution in [2.24, 2.45) is 0 Å². The quantitative estimate of drug-likeness (QED) is 0.391. The van der Waals surface area contributed by atoms with Gasteiger partial charge in [0, 0.05) is 40.4 Å². The Balaban J connectivity index is -0.0000000450. The Morgan fingerprint density at radius 2 is 1.00 bits per heavy atom. The predicted molar refractivity (Wildman–Crippen MR) is 22.3 cm³/mol. The molecule has 0 unspecified atom stereocenters. The van der Waals surface area contributed by atoms with Crippen molar-refractivity contribution in [2.45, 2.75) is 0 Å². The SMILES string of the molecule is OB(O)O.[AlH3].[Sm]. The van der Waals surface area contributed by atoms with Gasteiger partial charge >= 0.3 is 7.32 Å². The van der Waals surface area contributed by atoms with Gasteiger partial charge in [-0.15, -0.1) is 0 Å². The van der Waals surface area contributed by atoms with Crippen molar-refractivity contribution < 1.29 is 55.5 Å². The van der Waals surface area contributed by atoms with E-state index in [0.717, 1.165) is 0 Å². The van der Waals surface area contributed by atoms with Crippen molar-refractivity contribution in [3.63, 3.8) is 0 Å². The first-order chi connectivity index (χ1) is 1.73. The van der Waals surface area contributed by atoms with E-state index in [0.29, 0.717) is 0 Å².